The molecular weight excluding hydrogens is 258 g/mol. The van der Waals surface area contributed by atoms with Crippen molar-refractivity contribution in [3.05, 3.63) is 28.8 Å². The topological polar surface area (TPSA) is 23.5 Å². The normalized spacial score (nSPS) is 29.3. The lowest BCUT2D eigenvalue weighted by atomic mass is 9.88. The molecular formula is C16H22ClNO. The summed E-state index contributed by atoms with van der Waals surface area (Å²) in [5.41, 5.74) is 0.856. The van der Waals surface area contributed by atoms with Crippen molar-refractivity contribution in [2.45, 2.75) is 32.2 Å². The summed E-state index contributed by atoms with van der Waals surface area (Å²) in [7, 11) is 2.13. The minimum atomic E-state index is 0.312. The zero-order chi connectivity index (χ0) is 13.4. The van der Waals surface area contributed by atoms with E-state index in [0.29, 0.717) is 10.8 Å². The van der Waals surface area contributed by atoms with Crippen LogP contribution >= 0.6 is 11.6 Å². The van der Waals surface area contributed by atoms with Gasteiger partial charge in [-0.15, -0.1) is 0 Å². The van der Waals surface area contributed by atoms with Crippen LogP contribution < -0.4 is 0 Å². The van der Waals surface area contributed by atoms with Crippen molar-refractivity contribution < 1.29 is 5.11 Å². The molecule has 0 aromatic heterocycles. The molecule has 2 saturated carbocycles. The Kier molecular flexibility index (Phi) is 3.72. The van der Waals surface area contributed by atoms with Gasteiger partial charge in [0.05, 0.1) is 0 Å². The fourth-order valence-corrected chi connectivity index (χ4v) is 4.27. The molecule has 3 unspecified atom stereocenters. The second-order valence-electron chi connectivity index (χ2n) is 6.37. The molecule has 3 rings (SSSR count). The van der Waals surface area contributed by atoms with Gasteiger partial charge in [-0.25, -0.2) is 0 Å². The number of nitrogens with zero attached hydrogens (tertiary/aromatic N) is 1. The summed E-state index contributed by atoms with van der Waals surface area (Å²) in [4.78, 5) is 2.31. The second kappa shape index (κ2) is 5.34. The zero-order valence-electron chi connectivity index (χ0n) is 11.5. The highest BCUT2D eigenvalue weighted by molar-refractivity contribution is 6.31. The molecule has 0 heterocycles. The molecule has 0 spiro atoms. The third-order valence-electron chi connectivity index (χ3n) is 4.95. The third kappa shape index (κ3) is 2.75. The number of phenols is 1. The van der Waals surface area contributed by atoms with E-state index in [0.717, 1.165) is 36.4 Å². The van der Waals surface area contributed by atoms with E-state index in [4.69, 9.17) is 11.6 Å². The van der Waals surface area contributed by atoms with Crippen molar-refractivity contribution in [3.63, 3.8) is 0 Å². The number of halogens is 1. The Bertz CT molecular complexity index is 442. The Morgan fingerprint density at radius 2 is 2.16 bits per heavy atom. The van der Waals surface area contributed by atoms with Crippen LogP contribution in [-0.4, -0.2) is 23.6 Å². The number of benzene rings is 1. The van der Waals surface area contributed by atoms with Gasteiger partial charge in [-0.2, -0.15) is 0 Å². The van der Waals surface area contributed by atoms with Crippen molar-refractivity contribution >= 4 is 11.6 Å². The molecule has 2 fully saturated rings. The maximum absolute atomic E-state index is 9.90. The smallest absolute Gasteiger partial charge is 0.121 e. The highest BCUT2D eigenvalue weighted by Crippen LogP contribution is 2.48. The molecule has 1 aromatic carbocycles. The fraction of sp³-hybridized carbons (Fsp3) is 0.625. The minimum absolute atomic E-state index is 0.312. The summed E-state index contributed by atoms with van der Waals surface area (Å²) in [6.45, 7) is 1.87. The van der Waals surface area contributed by atoms with E-state index in [-0.39, 0.29) is 0 Å². The van der Waals surface area contributed by atoms with Gasteiger partial charge in [-0.1, -0.05) is 24.1 Å². The predicted octanol–water partition coefficient (Wildman–Crippen LogP) is 3.91. The predicted molar refractivity (Wildman–Crippen MR) is 78.4 cm³/mol. The van der Waals surface area contributed by atoms with E-state index in [1.807, 2.05) is 6.07 Å². The molecule has 1 N–H and O–H groups in total. The average Bonchev–Trinajstić information content (AvgIpc) is 2.96. The second-order valence-corrected chi connectivity index (χ2v) is 6.78. The first-order chi connectivity index (χ1) is 9.13. The Hall–Kier alpha value is -0.730. The summed E-state index contributed by atoms with van der Waals surface area (Å²) in [5.74, 6) is 3.12. The number of fused-ring (bicyclic) bond motifs is 2. The number of hydrogen-bond acceptors (Lipinski definition) is 2. The summed E-state index contributed by atoms with van der Waals surface area (Å²) in [6, 6.07) is 5.35. The van der Waals surface area contributed by atoms with E-state index in [1.54, 1.807) is 12.1 Å². The van der Waals surface area contributed by atoms with Crippen LogP contribution in [0.25, 0.3) is 0 Å². The van der Waals surface area contributed by atoms with E-state index < -0.39 is 0 Å². The molecule has 0 radical (unpaired) electrons. The number of aromatic hydroxyl groups is 1. The van der Waals surface area contributed by atoms with Gasteiger partial charge in [0.1, 0.15) is 5.75 Å². The molecule has 2 bridgehead atoms. The van der Waals surface area contributed by atoms with Crippen LogP contribution in [0.1, 0.15) is 31.2 Å². The van der Waals surface area contributed by atoms with Crippen LogP contribution in [0.5, 0.6) is 5.75 Å². The first kappa shape index (κ1) is 13.3. The molecule has 2 nitrogen and oxygen atoms in total. The Labute approximate surface area is 120 Å². The molecule has 104 valence electrons. The lowest BCUT2D eigenvalue weighted by Gasteiger charge is -2.27. The van der Waals surface area contributed by atoms with Crippen molar-refractivity contribution in [3.8, 4) is 5.75 Å². The van der Waals surface area contributed by atoms with Gasteiger partial charge in [-0.3, -0.25) is 0 Å². The van der Waals surface area contributed by atoms with Crippen LogP contribution in [0.15, 0.2) is 18.2 Å². The first-order valence-corrected chi connectivity index (χ1v) is 7.66. The van der Waals surface area contributed by atoms with E-state index >= 15 is 0 Å². The Morgan fingerprint density at radius 1 is 1.32 bits per heavy atom. The van der Waals surface area contributed by atoms with Gasteiger partial charge in [0.25, 0.3) is 0 Å². The molecule has 2 aliphatic carbocycles. The lowest BCUT2D eigenvalue weighted by molar-refractivity contribution is 0.213. The SMILES string of the molecule is CN(Cc1c(O)cccc1Cl)CC1CC2CCC1C2. The van der Waals surface area contributed by atoms with Crippen LogP contribution in [0.3, 0.4) is 0 Å². The highest BCUT2D eigenvalue weighted by atomic mass is 35.5. The van der Waals surface area contributed by atoms with Crippen molar-refractivity contribution in [1.29, 1.82) is 0 Å². The first-order valence-electron chi connectivity index (χ1n) is 7.28. The molecule has 1 aromatic rings. The van der Waals surface area contributed by atoms with Crippen LogP contribution in [-0.2, 0) is 6.54 Å². The molecule has 3 heteroatoms. The van der Waals surface area contributed by atoms with Crippen molar-refractivity contribution in [2.24, 2.45) is 17.8 Å². The largest absolute Gasteiger partial charge is 0.508 e. The summed E-state index contributed by atoms with van der Waals surface area (Å²) in [5, 5.41) is 10.6. The van der Waals surface area contributed by atoms with Gasteiger partial charge in [0.2, 0.25) is 0 Å². The number of hydrogen-bond donors (Lipinski definition) is 1. The minimum Gasteiger partial charge on any atom is -0.508 e. The van der Waals surface area contributed by atoms with E-state index in [1.165, 1.54) is 25.7 Å². The lowest BCUT2D eigenvalue weighted by Crippen LogP contribution is -2.28. The third-order valence-corrected chi connectivity index (χ3v) is 5.31. The highest BCUT2D eigenvalue weighted by Gasteiger charge is 2.39. The van der Waals surface area contributed by atoms with Crippen molar-refractivity contribution in [1.82, 2.24) is 4.90 Å². The van der Waals surface area contributed by atoms with Gasteiger partial charge < -0.3 is 10.0 Å². The Balaban J connectivity index is 1.61. The Morgan fingerprint density at radius 3 is 2.79 bits per heavy atom. The summed E-state index contributed by atoms with van der Waals surface area (Å²) in [6.07, 6.45) is 5.75. The number of rotatable bonds is 4. The van der Waals surface area contributed by atoms with Gasteiger partial charge >= 0.3 is 0 Å². The van der Waals surface area contributed by atoms with Gasteiger partial charge in [0, 0.05) is 23.7 Å². The molecule has 19 heavy (non-hydrogen) atoms. The van der Waals surface area contributed by atoms with Crippen LogP contribution in [0, 0.1) is 17.8 Å². The standard InChI is InChI=1S/C16H22ClNO/c1-18(9-13-8-11-5-6-12(13)7-11)10-14-15(17)3-2-4-16(14)19/h2-4,11-13,19H,5-10H2,1H3. The molecule has 0 aliphatic heterocycles. The summed E-state index contributed by atoms with van der Waals surface area (Å²) >= 11 is 6.17. The fourth-order valence-electron chi connectivity index (χ4n) is 4.04. The molecule has 0 saturated heterocycles. The van der Waals surface area contributed by atoms with Gasteiger partial charge in [-0.05, 0) is 56.2 Å². The van der Waals surface area contributed by atoms with Crippen LogP contribution in [0.2, 0.25) is 5.02 Å². The monoisotopic (exact) mass is 279 g/mol. The quantitative estimate of drug-likeness (QED) is 0.903. The van der Waals surface area contributed by atoms with Crippen molar-refractivity contribution in [2.75, 3.05) is 13.6 Å². The summed E-state index contributed by atoms with van der Waals surface area (Å²) < 4.78 is 0. The van der Waals surface area contributed by atoms with E-state index in [9.17, 15) is 5.11 Å². The van der Waals surface area contributed by atoms with Crippen LogP contribution in [0.4, 0.5) is 0 Å². The maximum Gasteiger partial charge on any atom is 0.121 e. The zero-order valence-corrected chi connectivity index (χ0v) is 12.2. The molecule has 2 aliphatic rings. The molecule has 3 atom stereocenters. The molecule has 0 amide bonds. The van der Waals surface area contributed by atoms with Gasteiger partial charge in [0.15, 0.2) is 0 Å². The van der Waals surface area contributed by atoms with E-state index in [2.05, 4.69) is 11.9 Å². The maximum atomic E-state index is 9.90. The average molecular weight is 280 g/mol. The number of phenolic OH excluding ortho intramolecular Hbond substituents is 1.